The van der Waals surface area contributed by atoms with Crippen LogP contribution < -0.4 is 0 Å². The fourth-order valence-corrected chi connectivity index (χ4v) is 3.85. The zero-order chi connectivity index (χ0) is 19.9. The van der Waals surface area contributed by atoms with Crippen molar-refractivity contribution in [1.29, 1.82) is 0 Å². The summed E-state index contributed by atoms with van der Waals surface area (Å²) < 4.78 is 19.3. The van der Waals surface area contributed by atoms with Crippen molar-refractivity contribution >= 4 is 32.6 Å². The standard InChI is InChI=1S/C18H20N2O6Se/c1-4-25-16(22)18(17(23)26-5-2,12-9-7-6-8-10-12)14(15(21)24-3)13-11-27-20-19-13/h6-11,14H,4-5H2,1-3H3. The second-order valence-corrected chi connectivity index (χ2v) is 6.68. The Bertz CT molecular complexity index is 760. The number of methoxy groups -OCH3 is 1. The number of rotatable bonds is 8. The molecule has 1 aromatic carbocycles. The van der Waals surface area contributed by atoms with Gasteiger partial charge in [0.25, 0.3) is 0 Å². The minimum atomic E-state index is -2.09. The van der Waals surface area contributed by atoms with Crippen LogP contribution in [-0.4, -0.2) is 62.2 Å². The summed E-state index contributed by atoms with van der Waals surface area (Å²) in [6.45, 7) is 3.27. The number of benzene rings is 1. The first-order valence-corrected chi connectivity index (χ1v) is 10.0. The summed E-state index contributed by atoms with van der Waals surface area (Å²) in [5, 5.41) is 3.98. The van der Waals surface area contributed by atoms with E-state index in [2.05, 4.69) is 9.19 Å². The molecule has 8 nitrogen and oxygen atoms in total. The van der Waals surface area contributed by atoms with Gasteiger partial charge >= 0.3 is 162 Å². The van der Waals surface area contributed by atoms with Crippen LogP contribution in [0.5, 0.6) is 0 Å². The number of carbonyl (C=O) groups excluding carboxylic acids is 3. The third-order valence-corrected chi connectivity index (χ3v) is 5.06. The van der Waals surface area contributed by atoms with E-state index < -0.39 is 29.2 Å². The van der Waals surface area contributed by atoms with Crippen molar-refractivity contribution in [1.82, 2.24) is 9.19 Å². The molecule has 2 aromatic rings. The second-order valence-electron chi connectivity index (χ2n) is 5.40. The Kier molecular flexibility index (Phi) is 7.27. The number of nitrogens with zero attached hydrogens (tertiary/aromatic N) is 2. The molecular weight excluding hydrogens is 419 g/mol. The third kappa shape index (κ3) is 3.94. The first-order valence-electron chi connectivity index (χ1n) is 8.28. The topological polar surface area (TPSA) is 105 Å². The predicted octanol–water partition coefficient (Wildman–Crippen LogP) is 0.854. The quantitative estimate of drug-likeness (QED) is 0.258. The third-order valence-electron chi connectivity index (χ3n) is 3.97. The van der Waals surface area contributed by atoms with Crippen molar-refractivity contribution in [3.8, 4) is 0 Å². The van der Waals surface area contributed by atoms with E-state index in [1.54, 1.807) is 49.1 Å². The molecule has 144 valence electrons. The predicted molar refractivity (Wildman–Crippen MR) is 95.1 cm³/mol. The van der Waals surface area contributed by atoms with Crippen molar-refractivity contribution in [3.05, 3.63) is 46.5 Å². The molecule has 0 spiro atoms. The average Bonchev–Trinajstić information content (AvgIpc) is 3.20. The molecule has 0 N–H and O–H groups in total. The van der Waals surface area contributed by atoms with Crippen LogP contribution in [-0.2, 0) is 34.0 Å². The first-order chi connectivity index (χ1) is 13.0. The average molecular weight is 439 g/mol. The zero-order valence-electron chi connectivity index (χ0n) is 15.2. The maximum absolute atomic E-state index is 13.2. The van der Waals surface area contributed by atoms with E-state index in [0.717, 1.165) is 0 Å². The maximum atomic E-state index is 13.2. The molecule has 9 heteroatoms. The van der Waals surface area contributed by atoms with Crippen molar-refractivity contribution in [3.63, 3.8) is 0 Å². The summed E-state index contributed by atoms with van der Waals surface area (Å²) in [5.41, 5.74) is -1.65. The Balaban J connectivity index is 2.84. The first kappa shape index (κ1) is 20.8. The molecule has 1 unspecified atom stereocenters. The SMILES string of the molecule is CCOC(=O)C(C(=O)OCC)(c1ccccc1)C(C(=O)OC)c1c[se]nn1. The molecule has 1 heterocycles. The van der Waals surface area contributed by atoms with Gasteiger partial charge in [-0.3, -0.25) is 0 Å². The molecule has 0 aliphatic rings. The molecular formula is C18H20N2O6Se. The Labute approximate surface area is 162 Å². The van der Waals surface area contributed by atoms with E-state index in [4.69, 9.17) is 14.2 Å². The molecule has 0 aliphatic carbocycles. The van der Waals surface area contributed by atoms with Gasteiger partial charge in [-0.25, -0.2) is 0 Å². The van der Waals surface area contributed by atoms with Crippen molar-refractivity contribution in [2.45, 2.75) is 25.2 Å². The molecule has 0 fully saturated rings. The molecule has 0 aliphatic heterocycles. The molecule has 0 amide bonds. The minimum absolute atomic E-state index is 0.0191. The van der Waals surface area contributed by atoms with Crippen LogP contribution >= 0.6 is 0 Å². The van der Waals surface area contributed by atoms with Crippen LogP contribution in [0.25, 0.3) is 0 Å². The Morgan fingerprint density at radius 1 is 1.07 bits per heavy atom. The van der Waals surface area contributed by atoms with Gasteiger partial charge in [0.1, 0.15) is 0 Å². The monoisotopic (exact) mass is 440 g/mol. The van der Waals surface area contributed by atoms with Crippen LogP contribution in [0.2, 0.25) is 0 Å². The van der Waals surface area contributed by atoms with Gasteiger partial charge in [0.15, 0.2) is 0 Å². The molecule has 27 heavy (non-hydrogen) atoms. The van der Waals surface area contributed by atoms with E-state index in [1.807, 2.05) is 0 Å². The molecule has 2 rings (SSSR count). The van der Waals surface area contributed by atoms with Crippen LogP contribution in [0.15, 0.2) is 35.3 Å². The fraction of sp³-hybridized carbons (Fsp3) is 0.389. The Morgan fingerprint density at radius 2 is 1.67 bits per heavy atom. The Hall–Kier alpha value is -2.51. The van der Waals surface area contributed by atoms with Gasteiger partial charge in [-0.1, -0.05) is 0 Å². The molecule has 1 aromatic heterocycles. The summed E-state index contributed by atoms with van der Waals surface area (Å²) in [6, 6.07) is 8.19. The van der Waals surface area contributed by atoms with E-state index in [9.17, 15) is 14.4 Å². The molecule has 0 bridgehead atoms. The van der Waals surface area contributed by atoms with Crippen molar-refractivity contribution in [2.75, 3.05) is 20.3 Å². The van der Waals surface area contributed by atoms with Gasteiger partial charge in [0.05, 0.1) is 0 Å². The number of hydrogen-bond acceptors (Lipinski definition) is 8. The molecule has 0 radical (unpaired) electrons. The van der Waals surface area contributed by atoms with E-state index in [0.29, 0.717) is 0 Å². The van der Waals surface area contributed by atoms with Gasteiger partial charge in [-0.05, 0) is 0 Å². The van der Waals surface area contributed by atoms with Crippen LogP contribution in [0.4, 0.5) is 0 Å². The van der Waals surface area contributed by atoms with Gasteiger partial charge in [0, 0.05) is 0 Å². The number of aromatic nitrogens is 2. The van der Waals surface area contributed by atoms with E-state index in [1.165, 1.54) is 7.11 Å². The number of esters is 3. The summed E-state index contributed by atoms with van der Waals surface area (Å²) in [5.74, 6) is -3.99. The molecule has 1 atom stereocenters. The van der Waals surface area contributed by atoms with Gasteiger partial charge in [-0.2, -0.15) is 0 Å². The van der Waals surface area contributed by atoms with Gasteiger partial charge < -0.3 is 0 Å². The van der Waals surface area contributed by atoms with Gasteiger partial charge in [-0.15, -0.1) is 0 Å². The summed E-state index contributed by atoms with van der Waals surface area (Å²) in [6.07, 6.45) is 0. The van der Waals surface area contributed by atoms with Crippen LogP contribution in [0, 0.1) is 0 Å². The van der Waals surface area contributed by atoms with Gasteiger partial charge in [0.2, 0.25) is 0 Å². The summed E-state index contributed by atoms with van der Waals surface area (Å²) >= 11 is -0.326. The molecule has 0 saturated carbocycles. The fourth-order valence-electron chi connectivity index (χ4n) is 2.85. The van der Waals surface area contributed by atoms with Crippen LogP contribution in [0.3, 0.4) is 0 Å². The van der Waals surface area contributed by atoms with E-state index in [-0.39, 0.29) is 39.2 Å². The molecule has 0 saturated heterocycles. The van der Waals surface area contributed by atoms with Crippen molar-refractivity contribution in [2.24, 2.45) is 0 Å². The second kappa shape index (κ2) is 9.43. The van der Waals surface area contributed by atoms with Crippen molar-refractivity contribution < 1.29 is 28.6 Å². The normalized spacial score (nSPS) is 12.1. The Morgan fingerprint density at radius 3 is 2.11 bits per heavy atom. The van der Waals surface area contributed by atoms with E-state index >= 15 is 0 Å². The summed E-state index contributed by atoms with van der Waals surface area (Å²) in [4.78, 5) is 40.7. The number of ether oxygens (including phenoxy) is 3. The number of carbonyl (C=O) groups is 3. The summed E-state index contributed by atoms with van der Waals surface area (Å²) in [7, 11) is 1.18. The van der Waals surface area contributed by atoms with Crippen LogP contribution in [0.1, 0.15) is 31.0 Å². The number of hydrogen-bond donors (Lipinski definition) is 0. The zero-order valence-corrected chi connectivity index (χ0v) is 16.9.